The average molecular weight is 480 g/mol. The van der Waals surface area contributed by atoms with Crippen molar-refractivity contribution in [3.05, 3.63) is 72.0 Å². The Balaban J connectivity index is 2.28. The second-order valence-electron chi connectivity index (χ2n) is 8.05. The fraction of sp³-hybridized carbons (Fsp3) is 0.231. The zero-order valence-corrected chi connectivity index (χ0v) is 19.8. The number of aromatic nitrogens is 1. The van der Waals surface area contributed by atoms with Gasteiger partial charge in [-0.25, -0.2) is 14.2 Å². The minimum absolute atomic E-state index is 0.0171. The third-order valence-electron chi connectivity index (χ3n) is 5.44. The van der Waals surface area contributed by atoms with Crippen LogP contribution in [0.2, 0.25) is 0 Å². The number of esters is 1. The number of aliphatic hydroxyl groups excluding tert-OH is 1. The molecule has 0 aliphatic rings. The summed E-state index contributed by atoms with van der Waals surface area (Å²) in [5.41, 5.74) is 2.66. The summed E-state index contributed by atoms with van der Waals surface area (Å²) >= 11 is 0. The summed E-state index contributed by atoms with van der Waals surface area (Å²) in [4.78, 5) is 27.7. The largest absolute Gasteiger partial charge is 0.540 e. The summed E-state index contributed by atoms with van der Waals surface area (Å²) in [6.45, 7) is 4.91. The number of carbonyl (C=O) groups is 1. The molecular formula is C26H24FNO5P+. The SMILES string of the molecule is C#CC(C(=O)Oc1c(C(C)C)cc(-c2ccccc2)nc1-c1ccc(F)cc1)(C(C)O)[P+](=O)O. The van der Waals surface area contributed by atoms with Crippen molar-refractivity contribution in [3.63, 3.8) is 0 Å². The number of carbonyl (C=O) groups excluding carboxylic acids is 1. The molecule has 0 spiro atoms. The van der Waals surface area contributed by atoms with E-state index in [1.165, 1.54) is 24.3 Å². The molecular weight excluding hydrogens is 456 g/mol. The quantitative estimate of drug-likeness (QED) is 0.278. The molecule has 34 heavy (non-hydrogen) atoms. The van der Waals surface area contributed by atoms with Gasteiger partial charge in [-0.15, -0.1) is 6.42 Å². The first kappa shape index (κ1) is 25.2. The van der Waals surface area contributed by atoms with E-state index in [2.05, 4.69) is 4.98 Å². The van der Waals surface area contributed by atoms with Gasteiger partial charge < -0.3 is 9.84 Å². The number of hydrogen-bond acceptors (Lipinski definition) is 5. The zero-order valence-electron chi connectivity index (χ0n) is 18.9. The number of terminal acetylenes is 1. The number of rotatable bonds is 7. The van der Waals surface area contributed by atoms with E-state index < -0.39 is 31.1 Å². The number of hydrogen-bond donors (Lipinski definition) is 2. The summed E-state index contributed by atoms with van der Waals surface area (Å²) in [6.07, 6.45) is 3.76. The van der Waals surface area contributed by atoms with Crippen molar-refractivity contribution in [1.82, 2.24) is 4.98 Å². The molecule has 0 radical (unpaired) electrons. The first-order valence-electron chi connectivity index (χ1n) is 10.5. The minimum atomic E-state index is -3.34. The first-order chi connectivity index (χ1) is 16.1. The minimum Gasteiger partial charge on any atom is -0.419 e. The number of pyridine rings is 1. The highest BCUT2D eigenvalue weighted by molar-refractivity contribution is 7.42. The van der Waals surface area contributed by atoms with Gasteiger partial charge in [-0.2, -0.15) is 4.89 Å². The highest BCUT2D eigenvalue weighted by Crippen LogP contribution is 2.43. The van der Waals surface area contributed by atoms with Gasteiger partial charge in [0.25, 0.3) is 0 Å². The van der Waals surface area contributed by atoms with Crippen LogP contribution < -0.4 is 4.74 Å². The number of halogens is 1. The van der Waals surface area contributed by atoms with E-state index in [0.717, 1.165) is 12.5 Å². The molecule has 2 N–H and O–H groups in total. The fourth-order valence-electron chi connectivity index (χ4n) is 3.46. The molecule has 6 nitrogen and oxygen atoms in total. The van der Waals surface area contributed by atoms with Gasteiger partial charge in [-0.3, -0.25) is 0 Å². The Labute approximate surface area is 198 Å². The molecule has 1 aromatic heterocycles. The highest BCUT2D eigenvalue weighted by Gasteiger charge is 2.62. The molecule has 2 aromatic carbocycles. The molecule has 0 aliphatic carbocycles. The third-order valence-corrected chi connectivity index (χ3v) is 6.73. The van der Waals surface area contributed by atoms with Gasteiger partial charge in [0.05, 0.1) is 5.69 Å². The average Bonchev–Trinajstić information content (AvgIpc) is 2.80. The Bertz CT molecular complexity index is 1250. The second-order valence-corrected chi connectivity index (χ2v) is 9.30. The standard InChI is InChI=1S/C26H23FNO5P/c1-5-26(17(4)29,34(31)32)25(30)33-24-21(16(2)3)15-22(18-9-7-6-8-10-18)28-23(24)19-11-13-20(27)14-12-19/h1,6-17,29H,2-4H3/p+1. The zero-order chi connectivity index (χ0) is 25.0. The van der Waals surface area contributed by atoms with Crippen LogP contribution in [0.4, 0.5) is 4.39 Å². The lowest BCUT2D eigenvalue weighted by atomic mass is 9.96. The lowest BCUT2D eigenvalue weighted by Gasteiger charge is -2.22. The molecule has 0 amide bonds. The topological polar surface area (TPSA) is 96.7 Å². The fourth-order valence-corrected chi connectivity index (χ4v) is 4.10. The first-order valence-corrected chi connectivity index (χ1v) is 11.7. The van der Waals surface area contributed by atoms with Crippen molar-refractivity contribution in [2.45, 2.75) is 37.9 Å². The molecule has 0 bridgehead atoms. The van der Waals surface area contributed by atoms with Gasteiger partial charge in [-0.05, 0) is 53.7 Å². The Morgan fingerprint density at radius 1 is 1.12 bits per heavy atom. The van der Waals surface area contributed by atoms with Crippen molar-refractivity contribution >= 4 is 14.0 Å². The Kier molecular flexibility index (Phi) is 7.58. The van der Waals surface area contributed by atoms with Crippen LogP contribution in [0, 0.1) is 18.2 Å². The molecule has 3 unspecified atom stereocenters. The Hall–Kier alpha value is -3.43. The maximum absolute atomic E-state index is 13.6. The smallest absolute Gasteiger partial charge is 0.419 e. The van der Waals surface area contributed by atoms with E-state index in [1.807, 2.05) is 50.1 Å². The molecule has 0 saturated carbocycles. The molecule has 174 valence electrons. The summed E-state index contributed by atoms with van der Waals surface area (Å²) in [7, 11) is -3.34. The molecule has 0 aliphatic heterocycles. The third kappa shape index (κ3) is 4.76. The number of aliphatic hydroxyl groups is 1. The van der Waals surface area contributed by atoms with Crippen molar-refractivity contribution in [2.24, 2.45) is 0 Å². The van der Waals surface area contributed by atoms with E-state index >= 15 is 0 Å². The predicted octanol–water partition coefficient (Wildman–Crippen LogP) is 5.07. The van der Waals surface area contributed by atoms with Crippen molar-refractivity contribution in [3.8, 4) is 40.6 Å². The Morgan fingerprint density at radius 3 is 2.24 bits per heavy atom. The van der Waals surface area contributed by atoms with Crippen LogP contribution >= 0.6 is 8.03 Å². The summed E-state index contributed by atoms with van der Waals surface area (Å²) in [5.74, 6) is 0.0996. The Morgan fingerprint density at radius 2 is 1.74 bits per heavy atom. The lowest BCUT2D eigenvalue weighted by molar-refractivity contribution is -0.138. The molecule has 8 heteroatoms. The molecule has 1 heterocycles. The predicted molar refractivity (Wildman–Crippen MR) is 128 cm³/mol. The van der Waals surface area contributed by atoms with Crippen LogP contribution in [0.3, 0.4) is 0 Å². The molecule has 0 fully saturated rings. The van der Waals surface area contributed by atoms with E-state index in [4.69, 9.17) is 11.2 Å². The van der Waals surface area contributed by atoms with Crippen LogP contribution in [0.1, 0.15) is 32.3 Å². The van der Waals surface area contributed by atoms with Crippen LogP contribution in [0.5, 0.6) is 5.75 Å². The van der Waals surface area contributed by atoms with Crippen LogP contribution in [0.15, 0.2) is 60.7 Å². The molecule has 3 rings (SSSR count). The second kappa shape index (κ2) is 10.2. The van der Waals surface area contributed by atoms with E-state index in [-0.39, 0.29) is 17.4 Å². The lowest BCUT2D eigenvalue weighted by Crippen LogP contribution is -2.46. The molecule has 3 aromatic rings. The monoisotopic (exact) mass is 480 g/mol. The normalized spacial score (nSPS) is 14.1. The number of ether oxygens (including phenoxy) is 1. The van der Waals surface area contributed by atoms with Gasteiger partial charge in [-0.1, -0.05) is 44.2 Å². The van der Waals surface area contributed by atoms with Gasteiger partial charge in [0.2, 0.25) is 0 Å². The van der Waals surface area contributed by atoms with E-state index in [9.17, 15) is 23.7 Å². The summed E-state index contributed by atoms with van der Waals surface area (Å²) in [6, 6.07) is 16.6. The summed E-state index contributed by atoms with van der Waals surface area (Å²) < 4.78 is 31.3. The van der Waals surface area contributed by atoms with Crippen LogP contribution in [-0.2, 0) is 9.36 Å². The van der Waals surface area contributed by atoms with Crippen molar-refractivity contribution < 1.29 is 28.5 Å². The van der Waals surface area contributed by atoms with Crippen LogP contribution in [-0.4, -0.2) is 32.2 Å². The van der Waals surface area contributed by atoms with Gasteiger partial charge in [0.1, 0.15) is 17.6 Å². The van der Waals surface area contributed by atoms with Crippen LogP contribution in [0.25, 0.3) is 22.5 Å². The maximum atomic E-state index is 13.6. The highest BCUT2D eigenvalue weighted by atomic mass is 31.1. The number of nitrogens with zero attached hydrogens (tertiary/aromatic N) is 1. The van der Waals surface area contributed by atoms with E-state index in [0.29, 0.717) is 16.8 Å². The van der Waals surface area contributed by atoms with Gasteiger partial charge in [0, 0.05) is 16.7 Å². The van der Waals surface area contributed by atoms with Crippen molar-refractivity contribution in [1.29, 1.82) is 0 Å². The molecule has 3 atom stereocenters. The van der Waals surface area contributed by atoms with Gasteiger partial charge >= 0.3 is 19.2 Å². The molecule has 0 saturated heterocycles. The van der Waals surface area contributed by atoms with Crippen molar-refractivity contribution in [2.75, 3.05) is 0 Å². The number of benzene rings is 2. The maximum Gasteiger partial charge on any atom is 0.540 e. The van der Waals surface area contributed by atoms with Gasteiger partial charge in [0.15, 0.2) is 5.75 Å². The summed E-state index contributed by atoms with van der Waals surface area (Å²) in [5, 5.41) is 7.65. The van der Waals surface area contributed by atoms with E-state index in [1.54, 1.807) is 6.07 Å².